The first-order valence-electron chi connectivity index (χ1n) is 5.44. The summed E-state index contributed by atoms with van der Waals surface area (Å²) in [6, 6.07) is 6.69. The van der Waals surface area contributed by atoms with Gasteiger partial charge in [0.05, 0.1) is 0 Å². The van der Waals surface area contributed by atoms with Gasteiger partial charge in [0.15, 0.2) is 0 Å². The van der Waals surface area contributed by atoms with Gasteiger partial charge in [-0.1, -0.05) is 12.1 Å². The topological polar surface area (TPSA) is 60.8 Å². The third kappa shape index (κ3) is 2.62. The van der Waals surface area contributed by atoms with Gasteiger partial charge in [0.1, 0.15) is 0 Å². The van der Waals surface area contributed by atoms with Crippen molar-refractivity contribution in [2.75, 3.05) is 17.3 Å². The Balaban J connectivity index is 2.22. The highest BCUT2D eigenvalue weighted by Gasteiger charge is 2.30. The Morgan fingerprint density at radius 3 is 2.82 bits per heavy atom. The monoisotopic (exact) mass is 253 g/mol. The molecule has 0 radical (unpaired) electrons. The van der Waals surface area contributed by atoms with E-state index in [9.17, 15) is 4.79 Å². The maximum absolute atomic E-state index is 11.8. The average Bonchev–Trinajstić information content (AvgIpc) is 2.71. The van der Waals surface area contributed by atoms with Crippen LogP contribution >= 0.6 is 11.6 Å². The molecule has 0 aliphatic carbocycles. The molecule has 1 heterocycles. The second kappa shape index (κ2) is 5.08. The molecule has 0 aromatic heterocycles. The minimum atomic E-state index is -1.52. The van der Waals surface area contributed by atoms with Crippen LogP contribution < -0.4 is 10.4 Å². The van der Waals surface area contributed by atoms with E-state index in [1.54, 1.807) is 29.2 Å². The van der Waals surface area contributed by atoms with Gasteiger partial charge in [-0.2, -0.15) is 0 Å². The van der Waals surface area contributed by atoms with E-state index in [0.717, 1.165) is 0 Å². The number of rotatable bonds is 3. The molecular formula is C11H13BClNO3. The molecule has 1 amide bonds. The molecule has 1 saturated heterocycles. The SMILES string of the molecule is O=C1CC(CCl)CN1c1cccc(B(O)O)c1. The molecule has 1 aliphatic rings. The highest BCUT2D eigenvalue weighted by Crippen LogP contribution is 2.24. The number of anilines is 1. The fraction of sp³-hybridized carbons (Fsp3) is 0.364. The van der Waals surface area contributed by atoms with Crippen LogP contribution in [0.15, 0.2) is 24.3 Å². The number of hydrogen-bond donors (Lipinski definition) is 2. The van der Waals surface area contributed by atoms with E-state index in [-0.39, 0.29) is 11.8 Å². The van der Waals surface area contributed by atoms with Crippen LogP contribution in [-0.4, -0.2) is 35.5 Å². The quantitative estimate of drug-likeness (QED) is 0.587. The van der Waals surface area contributed by atoms with Crippen molar-refractivity contribution >= 4 is 35.8 Å². The molecule has 0 saturated carbocycles. The molecule has 90 valence electrons. The van der Waals surface area contributed by atoms with Crippen LogP contribution in [-0.2, 0) is 4.79 Å². The van der Waals surface area contributed by atoms with Crippen molar-refractivity contribution in [2.24, 2.45) is 5.92 Å². The number of alkyl halides is 1. The van der Waals surface area contributed by atoms with Crippen molar-refractivity contribution in [3.8, 4) is 0 Å². The van der Waals surface area contributed by atoms with Crippen LogP contribution in [0.2, 0.25) is 0 Å². The number of halogens is 1. The van der Waals surface area contributed by atoms with Gasteiger partial charge < -0.3 is 14.9 Å². The lowest BCUT2D eigenvalue weighted by Gasteiger charge is -2.17. The lowest BCUT2D eigenvalue weighted by molar-refractivity contribution is -0.117. The first-order valence-corrected chi connectivity index (χ1v) is 5.97. The number of carbonyl (C=O) groups is 1. The number of nitrogens with zero attached hydrogens (tertiary/aromatic N) is 1. The number of benzene rings is 1. The van der Waals surface area contributed by atoms with E-state index in [4.69, 9.17) is 21.6 Å². The molecule has 1 aliphatic heterocycles. The molecule has 0 bridgehead atoms. The highest BCUT2D eigenvalue weighted by molar-refractivity contribution is 6.58. The number of carbonyl (C=O) groups excluding carboxylic acids is 1. The maximum Gasteiger partial charge on any atom is 0.488 e. The Morgan fingerprint density at radius 2 is 2.24 bits per heavy atom. The Bertz CT molecular complexity index is 427. The largest absolute Gasteiger partial charge is 0.488 e. The van der Waals surface area contributed by atoms with Crippen molar-refractivity contribution < 1.29 is 14.8 Å². The summed E-state index contributed by atoms with van der Waals surface area (Å²) in [5.41, 5.74) is 1.07. The van der Waals surface area contributed by atoms with Gasteiger partial charge in [0.25, 0.3) is 0 Å². The van der Waals surface area contributed by atoms with E-state index in [2.05, 4.69) is 0 Å². The molecular weight excluding hydrogens is 240 g/mol. The van der Waals surface area contributed by atoms with Gasteiger partial charge in [0, 0.05) is 24.5 Å². The predicted octanol–water partition coefficient (Wildman–Crippen LogP) is -0.0419. The number of amides is 1. The summed E-state index contributed by atoms with van der Waals surface area (Å²) in [4.78, 5) is 13.4. The highest BCUT2D eigenvalue weighted by atomic mass is 35.5. The molecule has 1 aromatic carbocycles. The fourth-order valence-corrected chi connectivity index (χ4v) is 2.19. The van der Waals surface area contributed by atoms with E-state index in [1.807, 2.05) is 0 Å². The molecule has 1 aromatic rings. The zero-order valence-corrected chi connectivity index (χ0v) is 9.97. The molecule has 1 atom stereocenters. The van der Waals surface area contributed by atoms with Crippen LogP contribution in [0.1, 0.15) is 6.42 Å². The summed E-state index contributed by atoms with van der Waals surface area (Å²) in [7, 11) is -1.52. The van der Waals surface area contributed by atoms with Crippen LogP contribution in [0.25, 0.3) is 0 Å². The van der Waals surface area contributed by atoms with Crippen LogP contribution in [0, 0.1) is 5.92 Å². The minimum absolute atomic E-state index is 0.0280. The summed E-state index contributed by atoms with van der Waals surface area (Å²) in [6.07, 6.45) is 0.454. The van der Waals surface area contributed by atoms with E-state index in [0.29, 0.717) is 30.0 Å². The van der Waals surface area contributed by atoms with Crippen molar-refractivity contribution in [3.63, 3.8) is 0 Å². The zero-order chi connectivity index (χ0) is 12.4. The van der Waals surface area contributed by atoms with Crippen LogP contribution in [0.5, 0.6) is 0 Å². The van der Waals surface area contributed by atoms with E-state index >= 15 is 0 Å². The molecule has 2 N–H and O–H groups in total. The molecule has 1 fully saturated rings. The standard InChI is InChI=1S/C11H13BClNO3/c13-6-8-4-11(15)14(7-8)10-3-1-2-9(5-10)12(16)17/h1-3,5,8,16-17H,4,6-7H2. The molecule has 6 heteroatoms. The molecule has 2 rings (SSSR count). The first-order chi connectivity index (χ1) is 8.11. The average molecular weight is 253 g/mol. The summed E-state index contributed by atoms with van der Waals surface area (Å²) in [5, 5.41) is 18.2. The lowest BCUT2D eigenvalue weighted by Crippen LogP contribution is -2.32. The van der Waals surface area contributed by atoms with Gasteiger partial charge in [-0.3, -0.25) is 4.79 Å². The maximum atomic E-state index is 11.8. The second-order valence-corrected chi connectivity index (χ2v) is 4.51. The van der Waals surface area contributed by atoms with Crippen molar-refractivity contribution in [2.45, 2.75) is 6.42 Å². The summed E-state index contributed by atoms with van der Waals surface area (Å²) in [5.74, 6) is 0.664. The normalized spacial score (nSPS) is 19.8. The second-order valence-electron chi connectivity index (χ2n) is 4.20. The Labute approximate surface area is 105 Å². The predicted molar refractivity (Wildman–Crippen MR) is 67.4 cm³/mol. The third-order valence-electron chi connectivity index (χ3n) is 2.90. The molecule has 1 unspecified atom stereocenters. The van der Waals surface area contributed by atoms with Crippen LogP contribution in [0.4, 0.5) is 5.69 Å². The summed E-state index contributed by atoms with van der Waals surface area (Å²) < 4.78 is 0. The fourth-order valence-electron chi connectivity index (χ4n) is 1.99. The Kier molecular flexibility index (Phi) is 3.71. The van der Waals surface area contributed by atoms with Gasteiger partial charge in [-0.05, 0) is 23.5 Å². The zero-order valence-electron chi connectivity index (χ0n) is 9.21. The van der Waals surface area contributed by atoms with Gasteiger partial charge in [0.2, 0.25) is 5.91 Å². The molecule has 4 nitrogen and oxygen atoms in total. The van der Waals surface area contributed by atoms with Gasteiger partial charge >= 0.3 is 7.12 Å². The smallest absolute Gasteiger partial charge is 0.423 e. The van der Waals surface area contributed by atoms with Crippen molar-refractivity contribution in [3.05, 3.63) is 24.3 Å². The Morgan fingerprint density at radius 1 is 1.47 bits per heavy atom. The van der Waals surface area contributed by atoms with E-state index in [1.165, 1.54) is 0 Å². The van der Waals surface area contributed by atoms with Gasteiger partial charge in [-0.25, -0.2) is 0 Å². The van der Waals surface area contributed by atoms with Gasteiger partial charge in [-0.15, -0.1) is 11.6 Å². The minimum Gasteiger partial charge on any atom is -0.423 e. The third-order valence-corrected chi connectivity index (χ3v) is 3.34. The van der Waals surface area contributed by atoms with Crippen molar-refractivity contribution in [1.29, 1.82) is 0 Å². The molecule has 17 heavy (non-hydrogen) atoms. The summed E-state index contributed by atoms with van der Waals surface area (Å²) >= 11 is 5.75. The lowest BCUT2D eigenvalue weighted by atomic mass is 9.80. The first kappa shape index (κ1) is 12.4. The molecule has 0 spiro atoms. The van der Waals surface area contributed by atoms with Crippen LogP contribution in [0.3, 0.4) is 0 Å². The number of hydrogen-bond acceptors (Lipinski definition) is 3. The van der Waals surface area contributed by atoms with Crippen molar-refractivity contribution in [1.82, 2.24) is 0 Å². The van der Waals surface area contributed by atoms with E-state index < -0.39 is 7.12 Å². The Hall–Kier alpha value is -1.04. The summed E-state index contributed by atoms with van der Waals surface area (Å²) in [6.45, 7) is 0.591.